The summed E-state index contributed by atoms with van der Waals surface area (Å²) in [5, 5.41) is 67.1. The number of carbonyl (C=O) groups is 1. The Morgan fingerprint density at radius 3 is 2.37 bits per heavy atom. The Labute approximate surface area is 246 Å². The number of hydrogen-bond donors (Lipinski definition) is 8. The monoisotopic (exact) mass is 623 g/mol. The van der Waals surface area contributed by atoms with Gasteiger partial charge in [-0.25, -0.2) is 9.68 Å². The maximum atomic E-state index is 12.9. The Morgan fingerprint density at radius 2 is 1.74 bits per heavy atom. The highest BCUT2D eigenvalue weighted by molar-refractivity contribution is 5.76. The van der Waals surface area contributed by atoms with Crippen LogP contribution >= 0.6 is 0 Å². The van der Waals surface area contributed by atoms with Gasteiger partial charge in [0.15, 0.2) is 0 Å². The molecule has 16 heteroatoms. The molecule has 244 valence electrons. The third-order valence-electron chi connectivity index (χ3n) is 6.95. The molecule has 0 aromatic heterocycles. The quantitative estimate of drug-likeness (QED) is 0.0677. The Balaban J connectivity index is 1.78. The Morgan fingerprint density at radius 1 is 1.07 bits per heavy atom. The van der Waals surface area contributed by atoms with E-state index in [0.717, 1.165) is 12.1 Å². The number of nitrogens with one attached hydrogen (secondary N) is 1. The van der Waals surface area contributed by atoms with Crippen LogP contribution in [0.3, 0.4) is 0 Å². The number of benzene rings is 1. The summed E-state index contributed by atoms with van der Waals surface area (Å²) in [4.78, 5) is 21.0. The normalized spacial score (nSPS) is 22.1. The highest BCUT2D eigenvalue weighted by Crippen LogP contribution is 2.36. The number of aliphatic hydroxyl groups excluding tert-OH is 3. The summed E-state index contributed by atoms with van der Waals surface area (Å²) >= 11 is 0. The second kappa shape index (κ2) is 18.4. The fourth-order valence-electron chi connectivity index (χ4n) is 4.77. The summed E-state index contributed by atoms with van der Waals surface area (Å²) in [6.45, 7) is -0.880. The van der Waals surface area contributed by atoms with Crippen molar-refractivity contribution < 1.29 is 63.8 Å². The molecule has 0 radical (unpaired) electrons. The molecule has 0 aliphatic heterocycles. The third kappa shape index (κ3) is 14.2. The van der Waals surface area contributed by atoms with E-state index < -0.39 is 71.9 Å². The molecule has 0 spiro atoms. The molecule has 0 heterocycles. The smallest absolute Gasteiger partial charge is 0.393 e. The molecule has 43 heavy (non-hydrogen) atoms. The first kappa shape index (κ1) is 36.7. The topological polar surface area (TPSA) is 196 Å². The molecule has 1 aromatic rings. The minimum Gasteiger partial charge on any atom is -0.393 e. The first-order chi connectivity index (χ1) is 20.3. The van der Waals surface area contributed by atoms with Crippen LogP contribution in [0.25, 0.3) is 0 Å². The molecule has 1 aromatic carbocycles. The summed E-state index contributed by atoms with van der Waals surface area (Å²) in [6.07, 6.45) is 1.83. The average molecular weight is 624 g/mol. The summed E-state index contributed by atoms with van der Waals surface area (Å²) in [5.41, 5.74) is -0.305. The predicted molar refractivity (Wildman–Crippen MR) is 141 cm³/mol. The molecule has 1 aliphatic carbocycles. The first-order valence-electron chi connectivity index (χ1n) is 13.7. The number of aryl methyl sites for hydroxylation is 1. The SMILES string of the molecule is O=C(CCC/C=C\C[C@@H]1[C@@H](/C=C/[C@@H](O)CCc2cccc(C(F)(F)F)c2)[C@H](O)C[C@@H]1O)NC(CON(O)O)CON(O)O. The Hall–Kier alpha value is -2.48. The maximum absolute atomic E-state index is 12.9. The minimum absolute atomic E-state index is 0.0826. The summed E-state index contributed by atoms with van der Waals surface area (Å²) in [7, 11) is 0. The molecule has 1 saturated carbocycles. The molecule has 1 amide bonds. The van der Waals surface area contributed by atoms with Gasteiger partial charge in [-0.2, -0.15) is 13.2 Å². The van der Waals surface area contributed by atoms with E-state index in [1.807, 2.05) is 12.2 Å². The van der Waals surface area contributed by atoms with E-state index in [4.69, 9.17) is 20.8 Å². The van der Waals surface area contributed by atoms with E-state index in [9.17, 15) is 33.3 Å². The van der Waals surface area contributed by atoms with E-state index in [1.54, 1.807) is 12.1 Å². The molecule has 1 aliphatic rings. The fraction of sp³-hybridized carbons (Fsp3) is 0.593. The number of hydrogen-bond acceptors (Lipinski definition) is 12. The van der Waals surface area contributed by atoms with E-state index in [-0.39, 0.29) is 31.6 Å². The van der Waals surface area contributed by atoms with Crippen molar-refractivity contribution in [3.63, 3.8) is 0 Å². The standard InChI is InChI=1S/C27H40F3N3O10/c28-27(29,30)19-7-5-6-18(14-19)10-11-21(34)12-13-23-22(24(35)15-25(23)36)8-3-1-2-4-9-26(37)31-20(16-42-32(38)39)17-43-33(40)41/h1,3,5-7,12-14,20-25,34-36,38-41H,2,4,8-11,15-17H2,(H,31,37)/b3-1-,13-12+/t21-,22+,23+,24-,25+/m0/s1. The Bertz CT molecular complexity index is 1020. The molecule has 0 saturated heterocycles. The van der Waals surface area contributed by atoms with E-state index in [1.165, 1.54) is 12.1 Å². The number of nitrogens with zero attached hydrogens (tertiary/aromatic N) is 2. The summed E-state index contributed by atoms with van der Waals surface area (Å²) in [5.74, 6) is -1.18. The van der Waals surface area contributed by atoms with Gasteiger partial charge in [-0.3, -0.25) is 25.6 Å². The van der Waals surface area contributed by atoms with Crippen LogP contribution in [0.1, 0.15) is 49.7 Å². The number of carbonyl (C=O) groups excluding carboxylic acids is 1. The van der Waals surface area contributed by atoms with Crippen molar-refractivity contribution in [2.75, 3.05) is 13.2 Å². The van der Waals surface area contributed by atoms with Gasteiger partial charge in [0.1, 0.15) is 0 Å². The molecular weight excluding hydrogens is 583 g/mol. The van der Waals surface area contributed by atoms with Gasteiger partial charge in [0.25, 0.3) is 0 Å². The zero-order chi connectivity index (χ0) is 32.0. The average Bonchev–Trinajstić information content (AvgIpc) is 3.20. The van der Waals surface area contributed by atoms with Crippen molar-refractivity contribution in [1.82, 2.24) is 16.1 Å². The van der Waals surface area contributed by atoms with Gasteiger partial charge in [-0.1, -0.05) is 42.5 Å². The summed E-state index contributed by atoms with van der Waals surface area (Å²) < 4.78 is 38.7. The van der Waals surface area contributed by atoms with Crippen LogP contribution in [0.4, 0.5) is 13.2 Å². The third-order valence-corrected chi connectivity index (χ3v) is 6.95. The predicted octanol–water partition coefficient (Wildman–Crippen LogP) is 2.54. The summed E-state index contributed by atoms with van der Waals surface area (Å²) in [6, 6.07) is 3.98. The number of allylic oxidation sites excluding steroid dienone is 2. The maximum Gasteiger partial charge on any atom is 0.416 e. The van der Waals surface area contributed by atoms with Crippen molar-refractivity contribution in [3.8, 4) is 0 Å². The first-order valence-corrected chi connectivity index (χ1v) is 13.7. The molecule has 0 unspecified atom stereocenters. The lowest BCUT2D eigenvalue weighted by Crippen LogP contribution is -2.43. The largest absolute Gasteiger partial charge is 0.416 e. The van der Waals surface area contributed by atoms with Crippen molar-refractivity contribution >= 4 is 5.91 Å². The van der Waals surface area contributed by atoms with Crippen molar-refractivity contribution in [1.29, 1.82) is 0 Å². The van der Waals surface area contributed by atoms with Gasteiger partial charge >= 0.3 is 6.18 Å². The molecule has 8 N–H and O–H groups in total. The second-order valence-corrected chi connectivity index (χ2v) is 10.3. The van der Waals surface area contributed by atoms with Gasteiger partial charge in [-0.15, -0.1) is 0 Å². The number of amides is 1. The zero-order valence-corrected chi connectivity index (χ0v) is 23.3. The van der Waals surface area contributed by atoms with Gasteiger partial charge in [-0.05, 0) is 49.7 Å². The van der Waals surface area contributed by atoms with Crippen LogP contribution in [0.5, 0.6) is 0 Å². The highest BCUT2D eigenvalue weighted by atomic mass is 19.4. The van der Waals surface area contributed by atoms with Crippen molar-refractivity contribution in [2.45, 2.75) is 75.5 Å². The zero-order valence-electron chi connectivity index (χ0n) is 23.3. The van der Waals surface area contributed by atoms with Crippen LogP contribution in [0.15, 0.2) is 48.6 Å². The van der Waals surface area contributed by atoms with Crippen LogP contribution in [-0.2, 0) is 27.1 Å². The number of unbranched alkanes of at least 4 members (excludes halogenated alkanes) is 1. The van der Waals surface area contributed by atoms with Crippen molar-refractivity contribution in [3.05, 3.63) is 59.7 Å². The lowest BCUT2D eigenvalue weighted by Gasteiger charge is -2.20. The Kier molecular flexibility index (Phi) is 15.7. The molecule has 13 nitrogen and oxygen atoms in total. The fourth-order valence-corrected chi connectivity index (χ4v) is 4.77. The molecular formula is C27H40F3N3O10. The van der Waals surface area contributed by atoms with Crippen LogP contribution in [0, 0.1) is 11.8 Å². The number of halogens is 3. The van der Waals surface area contributed by atoms with Crippen LogP contribution in [-0.4, -0.2) is 90.4 Å². The van der Waals surface area contributed by atoms with E-state index in [0.29, 0.717) is 24.8 Å². The molecule has 2 rings (SSSR count). The number of aliphatic hydroxyl groups is 3. The van der Waals surface area contributed by atoms with E-state index >= 15 is 0 Å². The van der Waals surface area contributed by atoms with Crippen LogP contribution in [0.2, 0.25) is 0 Å². The molecule has 1 fully saturated rings. The minimum atomic E-state index is -4.45. The van der Waals surface area contributed by atoms with E-state index in [2.05, 4.69) is 15.0 Å². The van der Waals surface area contributed by atoms with Gasteiger partial charge < -0.3 is 20.6 Å². The highest BCUT2D eigenvalue weighted by Gasteiger charge is 2.39. The number of alkyl halides is 3. The van der Waals surface area contributed by atoms with Crippen LogP contribution < -0.4 is 5.32 Å². The molecule has 0 bridgehead atoms. The molecule has 5 atom stereocenters. The van der Waals surface area contributed by atoms with Gasteiger partial charge in [0, 0.05) is 18.8 Å². The van der Waals surface area contributed by atoms with Gasteiger partial charge in [0.05, 0.1) is 53.9 Å². The lowest BCUT2D eigenvalue weighted by atomic mass is 9.89. The van der Waals surface area contributed by atoms with Gasteiger partial charge in [0.2, 0.25) is 5.91 Å². The lowest BCUT2D eigenvalue weighted by molar-refractivity contribution is -0.502. The number of rotatable bonds is 18. The second-order valence-electron chi connectivity index (χ2n) is 10.3. The van der Waals surface area contributed by atoms with Crippen molar-refractivity contribution in [2.24, 2.45) is 11.8 Å².